The zero-order chi connectivity index (χ0) is 15.9. The minimum atomic E-state index is 0.346. The van der Waals surface area contributed by atoms with Gasteiger partial charge in [0.25, 0.3) is 0 Å². The fourth-order valence-corrected chi connectivity index (χ4v) is 3.90. The van der Waals surface area contributed by atoms with Crippen LogP contribution in [0.15, 0.2) is 64.6 Å². The molecule has 0 spiro atoms. The van der Waals surface area contributed by atoms with Crippen LogP contribution in [-0.4, -0.2) is 36.8 Å². The third kappa shape index (κ3) is 4.27. The van der Waals surface area contributed by atoms with Crippen molar-refractivity contribution in [3.05, 3.63) is 54.6 Å². The molecule has 1 N–H and O–H groups in total. The van der Waals surface area contributed by atoms with Gasteiger partial charge in [0.2, 0.25) is 5.16 Å². The molecule has 118 valence electrons. The van der Waals surface area contributed by atoms with Gasteiger partial charge in [-0.15, -0.1) is 16.9 Å². The summed E-state index contributed by atoms with van der Waals surface area (Å²) < 4.78 is 1.75. The van der Waals surface area contributed by atoms with Gasteiger partial charge >= 0.3 is 0 Å². The highest BCUT2D eigenvalue weighted by Gasteiger charge is 2.08. The molecule has 23 heavy (non-hydrogen) atoms. The van der Waals surface area contributed by atoms with Gasteiger partial charge in [-0.25, -0.2) is 0 Å². The van der Waals surface area contributed by atoms with E-state index in [4.69, 9.17) is 0 Å². The molecule has 0 unspecified atom stereocenters. The summed E-state index contributed by atoms with van der Waals surface area (Å²) in [5.41, 5.74) is 0.962. The average Bonchev–Trinajstić information content (AvgIpc) is 3.05. The van der Waals surface area contributed by atoms with Crippen molar-refractivity contribution in [1.82, 2.24) is 20.2 Å². The summed E-state index contributed by atoms with van der Waals surface area (Å²) in [5, 5.41) is 22.4. The summed E-state index contributed by atoms with van der Waals surface area (Å²) >= 11 is 3.30. The van der Waals surface area contributed by atoms with Crippen molar-refractivity contribution < 1.29 is 5.11 Å². The van der Waals surface area contributed by atoms with Crippen molar-refractivity contribution in [2.75, 3.05) is 11.5 Å². The van der Waals surface area contributed by atoms with Crippen LogP contribution in [0.2, 0.25) is 0 Å². The lowest BCUT2D eigenvalue weighted by molar-refractivity contribution is 0.462. The number of para-hydroxylation sites is 2. The fourth-order valence-electron chi connectivity index (χ4n) is 1.98. The van der Waals surface area contributed by atoms with E-state index in [9.17, 15) is 5.11 Å². The second-order valence-corrected chi connectivity index (χ2v) is 6.93. The topological polar surface area (TPSA) is 63.8 Å². The zero-order valence-corrected chi connectivity index (χ0v) is 14.0. The quantitative estimate of drug-likeness (QED) is 0.521. The average molecular weight is 344 g/mol. The van der Waals surface area contributed by atoms with Crippen LogP contribution >= 0.6 is 23.5 Å². The minimum Gasteiger partial charge on any atom is -0.507 e. The summed E-state index contributed by atoms with van der Waals surface area (Å²) in [4.78, 5) is 0.923. The zero-order valence-electron chi connectivity index (χ0n) is 12.4. The third-order valence-corrected chi connectivity index (χ3v) is 5.24. The largest absolute Gasteiger partial charge is 0.507 e. The van der Waals surface area contributed by atoms with Gasteiger partial charge in [-0.2, -0.15) is 4.68 Å². The molecular formula is C16H16N4OS2. The maximum atomic E-state index is 9.72. The normalized spacial score (nSPS) is 10.8. The maximum absolute atomic E-state index is 9.72. The minimum absolute atomic E-state index is 0.346. The summed E-state index contributed by atoms with van der Waals surface area (Å²) in [6.07, 6.45) is 1.01. The molecule has 0 saturated heterocycles. The number of hydrogen-bond donors (Lipinski definition) is 1. The first-order valence-corrected chi connectivity index (χ1v) is 9.19. The van der Waals surface area contributed by atoms with Gasteiger partial charge in [0.1, 0.15) is 5.75 Å². The third-order valence-electron chi connectivity index (χ3n) is 3.08. The number of thioether (sulfide) groups is 2. The molecule has 3 rings (SSSR count). The van der Waals surface area contributed by atoms with Crippen LogP contribution in [0.25, 0.3) is 5.69 Å². The van der Waals surface area contributed by atoms with Crippen molar-refractivity contribution in [3.63, 3.8) is 0 Å². The lowest BCUT2D eigenvalue weighted by Gasteiger charge is -2.05. The Balaban J connectivity index is 1.49. The van der Waals surface area contributed by atoms with Crippen molar-refractivity contribution >= 4 is 23.5 Å². The Morgan fingerprint density at radius 3 is 2.48 bits per heavy atom. The molecule has 5 nitrogen and oxygen atoms in total. The number of aromatic hydroxyl groups is 1. The van der Waals surface area contributed by atoms with Crippen LogP contribution in [0.4, 0.5) is 0 Å². The van der Waals surface area contributed by atoms with E-state index in [2.05, 4.69) is 15.5 Å². The number of phenolic OH excluding ortho intramolecular Hbond substituents is 1. The number of hydrogen-bond acceptors (Lipinski definition) is 6. The van der Waals surface area contributed by atoms with Crippen LogP contribution in [-0.2, 0) is 0 Å². The molecule has 0 fully saturated rings. The molecule has 1 aromatic heterocycles. The van der Waals surface area contributed by atoms with Gasteiger partial charge in [0.15, 0.2) is 0 Å². The lowest BCUT2D eigenvalue weighted by Crippen LogP contribution is -1.99. The lowest BCUT2D eigenvalue weighted by atomic mass is 10.3. The van der Waals surface area contributed by atoms with Crippen molar-refractivity contribution in [1.29, 1.82) is 0 Å². The van der Waals surface area contributed by atoms with E-state index in [-0.39, 0.29) is 0 Å². The number of phenols is 1. The molecule has 0 aliphatic heterocycles. The first kappa shape index (κ1) is 15.9. The van der Waals surface area contributed by atoms with Crippen LogP contribution in [0, 0.1) is 0 Å². The highest BCUT2D eigenvalue weighted by atomic mass is 32.2. The summed E-state index contributed by atoms with van der Waals surface area (Å²) in [6.45, 7) is 0. The van der Waals surface area contributed by atoms with E-state index in [1.165, 1.54) is 0 Å². The van der Waals surface area contributed by atoms with Crippen LogP contribution < -0.4 is 0 Å². The SMILES string of the molecule is Oc1ccccc1SCCCSc1nnnn1-c1ccccc1. The van der Waals surface area contributed by atoms with Crippen LogP contribution in [0.5, 0.6) is 5.75 Å². The maximum Gasteiger partial charge on any atom is 0.214 e. The highest BCUT2D eigenvalue weighted by molar-refractivity contribution is 8.00. The van der Waals surface area contributed by atoms with Crippen molar-refractivity contribution in [2.45, 2.75) is 16.5 Å². The Morgan fingerprint density at radius 2 is 1.65 bits per heavy atom. The molecule has 0 bridgehead atoms. The Morgan fingerprint density at radius 1 is 0.913 bits per heavy atom. The Hall–Kier alpha value is -1.99. The molecule has 0 aliphatic carbocycles. The first-order chi connectivity index (χ1) is 11.3. The molecule has 0 amide bonds. The highest BCUT2D eigenvalue weighted by Crippen LogP contribution is 2.28. The monoisotopic (exact) mass is 344 g/mol. The van der Waals surface area contributed by atoms with E-state index in [0.29, 0.717) is 5.75 Å². The van der Waals surface area contributed by atoms with Gasteiger partial charge in [-0.1, -0.05) is 42.1 Å². The molecule has 2 aromatic carbocycles. The second-order valence-electron chi connectivity index (χ2n) is 4.73. The standard InChI is InChI=1S/C16H16N4OS2/c21-14-9-4-5-10-15(14)22-11-6-12-23-16-17-18-19-20(16)13-7-2-1-3-8-13/h1-5,7-10,21H,6,11-12H2. The summed E-state index contributed by atoms with van der Waals surface area (Å²) in [6, 6.07) is 17.3. The van der Waals surface area contributed by atoms with E-state index < -0.39 is 0 Å². The number of rotatable bonds is 7. The van der Waals surface area contributed by atoms with Crippen LogP contribution in [0.1, 0.15) is 6.42 Å². The van der Waals surface area contributed by atoms with E-state index in [1.54, 1.807) is 34.3 Å². The molecule has 0 saturated carbocycles. The molecule has 0 radical (unpaired) electrons. The predicted molar refractivity (Wildman–Crippen MR) is 93.3 cm³/mol. The Bertz CT molecular complexity index is 749. The summed E-state index contributed by atoms with van der Waals surface area (Å²) in [5.74, 6) is 2.21. The number of tetrazole rings is 1. The predicted octanol–water partition coefficient (Wildman–Crippen LogP) is 3.64. The van der Waals surface area contributed by atoms with Gasteiger partial charge in [0.05, 0.1) is 5.69 Å². The second kappa shape index (κ2) is 8.03. The van der Waals surface area contributed by atoms with E-state index >= 15 is 0 Å². The molecule has 1 heterocycles. The molecular weight excluding hydrogens is 328 g/mol. The van der Waals surface area contributed by atoms with Crippen molar-refractivity contribution in [3.8, 4) is 11.4 Å². The van der Waals surface area contributed by atoms with E-state index in [0.717, 1.165) is 33.7 Å². The molecule has 0 aliphatic rings. The summed E-state index contributed by atoms with van der Waals surface area (Å²) in [7, 11) is 0. The fraction of sp³-hybridized carbons (Fsp3) is 0.188. The number of nitrogens with zero attached hydrogens (tertiary/aromatic N) is 4. The Kier molecular flexibility index (Phi) is 5.55. The van der Waals surface area contributed by atoms with Crippen LogP contribution in [0.3, 0.4) is 0 Å². The molecule has 0 atom stereocenters. The first-order valence-electron chi connectivity index (χ1n) is 7.22. The number of aromatic nitrogens is 4. The molecule has 3 aromatic rings. The Labute approximate surface area is 143 Å². The van der Waals surface area contributed by atoms with Crippen molar-refractivity contribution in [2.24, 2.45) is 0 Å². The van der Waals surface area contributed by atoms with E-state index in [1.807, 2.05) is 48.5 Å². The van der Waals surface area contributed by atoms with Gasteiger partial charge in [0, 0.05) is 10.6 Å². The van der Waals surface area contributed by atoms with Gasteiger partial charge in [-0.3, -0.25) is 0 Å². The smallest absolute Gasteiger partial charge is 0.214 e. The van der Waals surface area contributed by atoms with Gasteiger partial charge in [-0.05, 0) is 46.9 Å². The number of benzene rings is 2. The van der Waals surface area contributed by atoms with Gasteiger partial charge < -0.3 is 5.11 Å². The molecule has 7 heteroatoms.